The third-order valence-corrected chi connectivity index (χ3v) is 4.46. The average Bonchev–Trinajstić information content (AvgIpc) is 3.50. The van der Waals surface area contributed by atoms with Gasteiger partial charge in [-0.15, -0.1) is 0 Å². The third kappa shape index (κ3) is 5.67. The highest BCUT2D eigenvalue weighted by Gasteiger charge is 2.31. The second kappa shape index (κ2) is 9.17. The van der Waals surface area contributed by atoms with Gasteiger partial charge in [0.1, 0.15) is 0 Å². The van der Waals surface area contributed by atoms with E-state index in [-0.39, 0.29) is 24.3 Å². The molecule has 146 valence electrons. The number of ether oxygens (including phenoxy) is 1. The molecule has 28 heavy (non-hydrogen) atoms. The van der Waals surface area contributed by atoms with Gasteiger partial charge in [-0.3, -0.25) is 14.4 Å². The molecule has 1 fully saturated rings. The number of nitrogens with one attached hydrogen (secondary N) is 2. The van der Waals surface area contributed by atoms with Crippen molar-refractivity contribution in [1.29, 1.82) is 0 Å². The smallest absolute Gasteiger partial charge is 0.309 e. The molecule has 6 nitrogen and oxygen atoms in total. The lowest BCUT2D eigenvalue weighted by molar-refractivity contribution is -0.157. The summed E-state index contributed by atoms with van der Waals surface area (Å²) in [6.07, 6.45) is 0.812. The zero-order valence-electron chi connectivity index (χ0n) is 15.8. The summed E-state index contributed by atoms with van der Waals surface area (Å²) >= 11 is 0. The largest absolute Gasteiger partial charge is 0.447 e. The Morgan fingerprint density at radius 1 is 0.964 bits per heavy atom. The van der Waals surface area contributed by atoms with Crippen molar-refractivity contribution in [3.63, 3.8) is 0 Å². The van der Waals surface area contributed by atoms with E-state index in [9.17, 15) is 14.4 Å². The lowest BCUT2D eigenvalue weighted by Crippen LogP contribution is -2.34. The summed E-state index contributed by atoms with van der Waals surface area (Å²) in [4.78, 5) is 36.8. The summed E-state index contributed by atoms with van der Waals surface area (Å²) in [6.45, 7) is 1.40. The summed E-state index contributed by atoms with van der Waals surface area (Å²) in [5, 5.41) is 5.66. The fraction of sp³-hybridized carbons (Fsp3) is 0.318. The molecule has 0 bridgehead atoms. The van der Waals surface area contributed by atoms with Crippen LogP contribution >= 0.6 is 0 Å². The topological polar surface area (TPSA) is 84.5 Å². The third-order valence-electron chi connectivity index (χ3n) is 4.46. The van der Waals surface area contributed by atoms with Crippen molar-refractivity contribution in [2.24, 2.45) is 0 Å². The molecular formula is C22H24N2O4. The first-order valence-corrected chi connectivity index (χ1v) is 9.40. The fourth-order valence-electron chi connectivity index (χ4n) is 2.93. The molecule has 0 aromatic heterocycles. The number of rotatable bonds is 8. The molecule has 3 rings (SSSR count). The van der Waals surface area contributed by atoms with Gasteiger partial charge < -0.3 is 15.4 Å². The first kappa shape index (κ1) is 19.6. The lowest BCUT2D eigenvalue weighted by atomic mass is 10.0. The molecule has 2 aromatic carbocycles. The predicted molar refractivity (Wildman–Crippen MR) is 104 cm³/mol. The van der Waals surface area contributed by atoms with Crippen molar-refractivity contribution in [2.75, 3.05) is 0 Å². The van der Waals surface area contributed by atoms with Gasteiger partial charge in [0.25, 0.3) is 5.91 Å². The highest BCUT2D eigenvalue weighted by molar-refractivity contribution is 5.85. The van der Waals surface area contributed by atoms with E-state index in [1.54, 1.807) is 24.3 Å². The zero-order valence-corrected chi connectivity index (χ0v) is 15.8. The summed E-state index contributed by atoms with van der Waals surface area (Å²) in [7, 11) is 0. The highest BCUT2D eigenvalue weighted by atomic mass is 16.5. The molecular weight excluding hydrogens is 356 g/mol. The number of hydrogen-bond donors (Lipinski definition) is 2. The maximum absolute atomic E-state index is 12.6. The minimum atomic E-state index is -1.01. The average molecular weight is 380 g/mol. The van der Waals surface area contributed by atoms with E-state index in [0.717, 1.165) is 18.4 Å². The molecule has 0 radical (unpaired) electrons. The van der Waals surface area contributed by atoms with E-state index in [1.165, 1.54) is 6.92 Å². The van der Waals surface area contributed by atoms with Crippen molar-refractivity contribution in [1.82, 2.24) is 10.6 Å². The van der Waals surface area contributed by atoms with Gasteiger partial charge in [0, 0.05) is 18.5 Å². The summed E-state index contributed by atoms with van der Waals surface area (Å²) < 4.78 is 5.56. The van der Waals surface area contributed by atoms with Gasteiger partial charge in [-0.25, -0.2) is 0 Å². The summed E-state index contributed by atoms with van der Waals surface area (Å²) in [5.74, 6) is -1.12. The van der Waals surface area contributed by atoms with Crippen LogP contribution < -0.4 is 10.6 Å². The maximum atomic E-state index is 12.6. The quantitative estimate of drug-likeness (QED) is 0.690. The molecule has 2 atom stereocenters. The zero-order chi connectivity index (χ0) is 19.9. The lowest BCUT2D eigenvalue weighted by Gasteiger charge is -2.21. The van der Waals surface area contributed by atoms with E-state index >= 15 is 0 Å². The molecule has 1 aliphatic rings. The van der Waals surface area contributed by atoms with Crippen LogP contribution in [-0.2, 0) is 19.1 Å². The van der Waals surface area contributed by atoms with Gasteiger partial charge in [-0.2, -0.15) is 0 Å². The Balaban J connectivity index is 1.72. The first-order chi connectivity index (χ1) is 13.5. The van der Waals surface area contributed by atoms with Crippen molar-refractivity contribution in [2.45, 2.75) is 44.4 Å². The maximum Gasteiger partial charge on any atom is 0.309 e. The van der Waals surface area contributed by atoms with E-state index in [1.807, 2.05) is 36.4 Å². The van der Waals surface area contributed by atoms with Crippen LogP contribution in [0.4, 0.5) is 0 Å². The number of benzene rings is 2. The molecule has 0 heterocycles. The Hall–Kier alpha value is -3.15. The van der Waals surface area contributed by atoms with Gasteiger partial charge >= 0.3 is 5.97 Å². The number of carbonyl (C=O) groups excluding carboxylic acids is 3. The number of carbonyl (C=O) groups is 3. The fourth-order valence-corrected chi connectivity index (χ4v) is 2.93. The van der Waals surface area contributed by atoms with Crippen molar-refractivity contribution in [3.05, 3.63) is 71.8 Å². The van der Waals surface area contributed by atoms with Crippen LogP contribution in [0.3, 0.4) is 0 Å². The minimum absolute atomic E-state index is 0.0658. The van der Waals surface area contributed by atoms with Gasteiger partial charge in [0.15, 0.2) is 0 Å². The molecule has 2 aromatic rings. The number of amides is 2. The molecule has 2 N–H and O–H groups in total. The SMILES string of the molecule is CC(=O)N[C@H](CC(=O)O[C@H](C(=O)NC1CC1)c1ccccc1)c1ccccc1. The molecule has 6 heteroatoms. The first-order valence-electron chi connectivity index (χ1n) is 9.40. The highest BCUT2D eigenvalue weighted by Crippen LogP contribution is 2.25. The Morgan fingerprint density at radius 2 is 1.54 bits per heavy atom. The number of hydrogen-bond acceptors (Lipinski definition) is 4. The second-order valence-corrected chi connectivity index (χ2v) is 6.93. The van der Waals surface area contributed by atoms with E-state index in [4.69, 9.17) is 4.74 Å². The molecule has 0 aliphatic heterocycles. The predicted octanol–water partition coefficient (Wildman–Crippen LogP) is 2.82. The van der Waals surface area contributed by atoms with Crippen LogP contribution in [-0.4, -0.2) is 23.8 Å². The Morgan fingerprint density at radius 3 is 2.07 bits per heavy atom. The number of esters is 1. The molecule has 0 saturated heterocycles. The Bertz CT molecular complexity index is 819. The van der Waals surface area contributed by atoms with Crippen LogP contribution in [0.2, 0.25) is 0 Å². The van der Waals surface area contributed by atoms with Crippen molar-refractivity contribution in [3.8, 4) is 0 Å². The molecule has 1 saturated carbocycles. The van der Waals surface area contributed by atoms with Gasteiger partial charge in [0.05, 0.1) is 12.5 Å². The molecule has 0 spiro atoms. The van der Waals surface area contributed by atoms with Crippen molar-refractivity contribution >= 4 is 17.8 Å². The van der Waals surface area contributed by atoms with Crippen LogP contribution in [0.15, 0.2) is 60.7 Å². The van der Waals surface area contributed by atoms with Gasteiger partial charge in [-0.1, -0.05) is 60.7 Å². The normalized spacial score (nSPS) is 15.2. The van der Waals surface area contributed by atoms with E-state index < -0.39 is 18.1 Å². The molecule has 2 amide bonds. The van der Waals surface area contributed by atoms with Crippen LogP contribution in [0.25, 0.3) is 0 Å². The van der Waals surface area contributed by atoms with Gasteiger partial charge in [0.2, 0.25) is 12.0 Å². The standard InChI is InChI=1S/C22H24N2O4/c1-15(25)23-19(16-8-4-2-5-9-16)14-20(26)28-21(17-10-6-3-7-11-17)22(27)24-18-12-13-18/h2-11,18-19,21H,12-14H2,1H3,(H,23,25)(H,24,27)/t19-,21+/m1/s1. The summed E-state index contributed by atoms with van der Waals surface area (Å²) in [5.41, 5.74) is 1.41. The van der Waals surface area contributed by atoms with E-state index in [2.05, 4.69) is 10.6 Å². The van der Waals surface area contributed by atoms with E-state index in [0.29, 0.717) is 5.56 Å². The second-order valence-electron chi connectivity index (χ2n) is 6.93. The van der Waals surface area contributed by atoms with Crippen LogP contribution in [0.1, 0.15) is 49.5 Å². The van der Waals surface area contributed by atoms with Crippen molar-refractivity contribution < 1.29 is 19.1 Å². The molecule has 1 aliphatic carbocycles. The Labute approximate surface area is 164 Å². The van der Waals surface area contributed by atoms with Gasteiger partial charge in [-0.05, 0) is 18.4 Å². The summed E-state index contributed by atoms with van der Waals surface area (Å²) in [6, 6.07) is 17.8. The van der Waals surface area contributed by atoms with Crippen LogP contribution in [0, 0.1) is 0 Å². The minimum Gasteiger partial charge on any atom is -0.447 e. The monoisotopic (exact) mass is 380 g/mol. The van der Waals surface area contributed by atoms with Crippen LogP contribution in [0.5, 0.6) is 0 Å². The molecule has 0 unspecified atom stereocenters. The Kier molecular flexibility index (Phi) is 6.42.